The van der Waals surface area contributed by atoms with Gasteiger partial charge in [-0.15, -0.1) is 0 Å². The number of nitrogens with zero attached hydrogens (tertiary/aromatic N) is 3. The van der Waals surface area contributed by atoms with Crippen LogP contribution >= 0.6 is 15.9 Å². The van der Waals surface area contributed by atoms with Gasteiger partial charge in [0, 0.05) is 31.0 Å². The van der Waals surface area contributed by atoms with Crippen LogP contribution in [-0.2, 0) is 11.8 Å². The molecule has 3 rings (SSSR count). The van der Waals surface area contributed by atoms with Gasteiger partial charge in [-0.2, -0.15) is 0 Å². The Kier molecular flexibility index (Phi) is 2.86. The Morgan fingerprint density at radius 3 is 3.06 bits per heavy atom. The van der Waals surface area contributed by atoms with Crippen molar-refractivity contribution in [2.45, 2.75) is 6.42 Å². The van der Waals surface area contributed by atoms with Gasteiger partial charge in [-0.05, 0) is 24.1 Å². The molecule has 1 aliphatic heterocycles. The Morgan fingerprint density at radius 1 is 1.50 bits per heavy atom. The van der Waals surface area contributed by atoms with Crippen molar-refractivity contribution < 1.29 is 4.79 Å². The molecule has 1 aromatic heterocycles. The number of hydrogen-bond acceptors (Lipinski definition) is 2. The van der Waals surface area contributed by atoms with E-state index >= 15 is 0 Å². The highest BCUT2D eigenvalue weighted by atomic mass is 79.9. The molecule has 1 amide bonds. The van der Waals surface area contributed by atoms with E-state index in [1.165, 1.54) is 0 Å². The maximum Gasteiger partial charge on any atom is 0.227 e. The molecule has 2 aromatic rings. The summed E-state index contributed by atoms with van der Waals surface area (Å²) in [6, 6.07) is 6.01. The lowest BCUT2D eigenvalue weighted by molar-refractivity contribution is -0.117. The van der Waals surface area contributed by atoms with E-state index in [4.69, 9.17) is 0 Å². The van der Waals surface area contributed by atoms with E-state index in [0.29, 0.717) is 12.3 Å². The van der Waals surface area contributed by atoms with Crippen LogP contribution in [-0.4, -0.2) is 27.3 Å². The molecule has 18 heavy (non-hydrogen) atoms. The molecule has 1 aliphatic rings. The van der Waals surface area contributed by atoms with Gasteiger partial charge < -0.3 is 9.47 Å². The number of rotatable bonds is 2. The molecule has 0 aliphatic carbocycles. The monoisotopic (exact) mass is 307 g/mol. The highest BCUT2D eigenvalue weighted by Crippen LogP contribution is 2.28. The average molecular weight is 308 g/mol. The number of benzene rings is 1. The van der Waals surface area contributed by atoms with E-state index in [1.54, 1.807) is 6.33 Å². The summed E-state index contributed by atoms with van der Waals surface area (Å²) < 4.78 is 1.98. The molecule has 0 radical (unpaired) electrons. The fourth-order valence-corrected chi connectivity index (χ4v) is 2.86. The summed E-state index contributed by atoms with van der Waals surface area (Å²) in [6.45, 7) is 0.794. The van der Waals surface area contributed by atoms with Gasteiger partial charge in [0.15, 0.2) is 0 Å². The second-order valence-electron chi connectivity index (χ2n) is 4.76. The zero-order valence-corrected chi connectivity index (χ0v) is 11.7. The van der Waals surface area contributed by atoms with E-state index in [2.05, 4.69) is 20.9 Å². The third-order valence-electron chi connectivity index (χ3n) is 3.44. The van der Waals surface area contributed by atoms with Crippen LogP contribution in [0.3, 0.4) is 0 Å². The van der Waals surface area contributed by atoms with Gasteiger partial charge in [0.25, 0.3) is 0 Å². The molecule has 1 fully saturated rings. The maximum atomic E-state index is 12.0. The Hall–Kier alpha value is -1.36. The second kappa shape index (κ2) is 4.39. The Morgan fingerprint density at radius 2 is 2.33 bits per heavy atom. The summed E-state index contributed by atoms with van der Waals surface area (Å²) in [5, 5.41) is 0.876. The third kappa shape index (κ3) is 1.82. The molecule has 1 saturated heterocycles. The summed E-state index contributed by atoms with van der Waals surface area (Å²) in [7, 11) is 1.97. The second-order valence-corrected chi connectivity index (χ2v) is 5.40. The van der Waals surface area contributed by atoms with E-state index in [9.17, 15) is 4.79 Å². The number of carbonyl (C=O) groups excluding carboxylic acids is 1. The van der Waals surface area contributed by atoms with Crippen LogP contribution in [0.5, 0.6) is 0 Å². The van der Waals surface area contributed by atoms with E-state index in [1.807, 2.05) is 34.7 Å². The minimum atomic E-state index is 0.203. The van der Waals surface area contributed by atoms with Gasteiger partial charge in [0.2, 0.25) is 5.91 Å². The van der Waals surface area contributed by atoms with Crippen LogP contribution in [0.1, 0.15) is 6.42 Å². The number of alkyl halides is 1. The summed E-state index contributed by atoms with van der Waals surface area (Å²) >= 11 is 3.45. The van der Waals surface area contributed by atoms with Crippen molar-refractivity contribution >= 4 is 38.6 Å². The average Bonchev–Trinajstić information content (AvgIpc) is 2.93. The zero-order valence-electron chi connectivity index (χ0n) is 10.1. The maximum absolute atomic E-state index is 12.0. The van der Waals surface area contributed by atoms with Crippen LogP contribution in [0.25, 0.3) is 11.0 Å². The lowest BCUT2D eigenvalue weighted by Crippen LogP contribution is -2.24. The molecular formula is C13H14BrN3O. The quantitative estimate of drug-likeness (QED) is 0.799. The van der Waals surface area contributed by atoms with Crippen molar-refractivity contribution in [2.75, 3.05) is 16.8 Å². The van der Waals surface area contributed by atoms with Crippen molar-refractivity contribution in [2.24, 2.45) is 13.0 Å². The van der Waals surface area contributed by atoms with Gasteiger partial charge in [-0.25, -0.2) is 4.98 Å². The van der Waals surface area contributed by atoms with Crippen molar-refractivity contribution in [3.8, 4) is 0 Å². The number of fused-ring (bicyclic) bond motifs is 1. The van der Waals surface area contributed by atoms with Gasteiger partial charge >= 0.3 is 0 Å². The molecule has 1 unspecified atom stereocenters. The zero-order chi connectivity index (χ0) is 12.7. The topological polar surface area (TPSA) is 38.1 Å². The van der Waals surface area contributed by atoms with Crippen LogP contribution < -0.4 is 4.90 Å². The van der Waals surface area contributed by atoms with E-state index in [0.717, 1.165) is 28.6 Å². The summed E-state index contributed by atoms with van der Waals surface area (Å²) in [5.41, 5.74) is 2.97. The molecule has 1 atom stereocenters. The number of aromatic nitrogens is 2. The number of aryl methyl sites for hydroxylation is 1. The van der Waals surface area contributed by atoms with Gasteiger partial charge in [-0.3, -0.25) is 4.79 Å². The molecule has 0 bridgehead atoms. The number of hydrogen-bond donors (Lipinski definition) is 0. The van der Waals surface area contributed by atoms with Crippen molar-refractivity contribution in [3.63, 3.8) is 0 Å². The highest BCUT2D eigenvalue weighted by molar-refractivity contribution is 9.09. The van der Waals surface area contributed by atoms with Crippen molar-refractivity contribution in [1.82, 2.24) is 9.55 Å². The third-order valence-corrected chi connectivity index (χ3v) is 4.36. The minimum absolute atomic E-state index is 0.203. The fourth-order valence-electron chi connectivity index (χ4n) is 2.43. The summed E-state index contributed by atoms with van der Waals surface area (Å²) in [6.07, 6.45) is 2.42. The summed E-state index contributed by atoms with van der Waals surface area (Å²) in [5.74, 6) is 0.617. The number of anilines is 1. The van der Waals surface area contributed by atoms with Crippen LogP contribution in [0.15, 0.2) is 24.5 Å². The molecule has 1 aromatic carbocycles. The highest BCUT2D eigenvalue weighted by Gasteiger charge is 2.29. The van der Waals surface area contributed by atoms with Crippen LogP contribution in [0.4, 0.5) is 5.69 Å². The number of carbonyl (C=O) groups is 1. The largest absolute Gasteiger partial charge is 0.334 e. The lowest BCUT2D eigenvalue weighted by atomic mass is 10.2. The Bertz CT molecular complexity index is 607. The van der Waals surface area contributed by atoms with Crippen LogP contribution in [0.2, 0.25) is 0 Å². The van der Waals surface area contributed by atoms with Gasteiger partial charge in [0.05, 0.1) is 17.4 Å². The van der Waals surface area contributed by atoms with Gasteiger partial charge in [0.1, 0.15) is 0 Å². The molecule has 0 N–H and O–H groups in total. The molecule has 2 heterocycles. The standard InChI is InChI=1S/C13H14BrN3O/c1-16-8-15-11-5-10(2-3-12(11)16)17-7-9(6-14)4-13(17)18/h2-3,5,8-9H,4,6-7H2,1H3. The normalized spacial score (nSPS) is 20.0. The van der Waals surface area contributed by atoms with Crippen molar-refractivity contribution in [1.29, 1.82) is 0 Å². The van der Waals surface area contributed by atoms with Gasteiger partial charge in [-0.1, -0.05) is 15.9 Å². The molecule has 94 valence electrons. The number of amides is 1. The first-order valence-corrected chi connectivity index (χ1v) is 7.08. The minimum Gasteiger partial charge on any atom is -0.334 e. The Balaban J connectivity index is 1.97. The molecule has 0 spiro atoms. The predicted octanol–water partition coefficient (Wildman–Crippen LogP) is 2.32. The van der Waals surface area contributed by atoms with E-state index in [-0.39, 0.29) is 5.91 Å². The molecule has 4 nitrogen and oxygen atoms in total. The lowest BCUT2D eigenvalue weighted by Gasteiger charge is -2.16. The van der Waals surface area contributed by atoms with Crippen LogP contribution in [0, 0.1) is 5.92 Å². The molecule has 0 saturated carbocycles. The summed E-state index contributed by atoms with van der Waals surface area (Å²) in [4.78, 5) is 18.2. The first-order chi connectivity index (χ1) is 8.69. The number of halogens is 1. The SMILES string of the molecule is Cn1cnc2cc(N3CC(CBr)CC3=O)ccc21. The smallest absolute Gasteiger partial charge is 0.227 e. The van der Waals surface area contributed by atoms with E-state index < -0.39 is 0 Å². The fraction of sp³-hybridized carbons (Fsp3) is 0.385. The first-order valence-electron chi connectivity index (χ1n) is 5.96. The number of imidazole rings is 1. The predicted molar refractivity (Wildman–Crippen MR) is 75.0 cm³/mol. The molecule has 5 heteroatoms. The molecular weight excluding hydrogens is 294 g/mol. The van der Waals surface area contributed by atoms with Crippen molar-refractivity contribution in [3.05, 3.63) is 24.5 Å². The first kappa shape index (κ1) is 11.7. The Labute approximate surface area is 114 Å².